The Bertz CT molecular complexity index is 762. The van der Waals surface area contributed by atoms with E-state index in [-0.39, 0.29) is 11.8 Å². The number of amides is 1. The molecule has 0 spiro atoms. The molecule has 1 atom stereocenters. The van der Waals surface area contributed by atoms with Gasteiger partial charge in [0, 0.05) is 26.2 Å². The number of hydrogen-bond donors (Lipinski definition) is 0. The van der Waals surface area contributed by atoms with Crippen molar-refractivity contribution < 1.29 is 9.53 Å². The van der Waals surface area contributed by atoms with E-state index in [9.17, 15) is 4.79 Å². The van der Waals surface area contributed by atoms with Gasteiger partial charge in [-0.25, -0.2) is 9.97 Å². The normalized spacial score (nSPS) is 14.7. The molecule has 0 unspecified atom stereocenters. The number of ether oxygens (including phenoxy) is 1. The summed E-state index contributed by atoms with van der Waals surface area (Å²) in [6.07, 6.45) is 1.82. The first kappa shape index (κ1) is 18.2. The van der Waals surface area contributed by atoms with Gasteiger partial charge in [0.15, 0.2) is 6.10 Å². The summed E-state index contributed by atoms with van der Waals surface area (Å²) in [6.45, 7) is 5.17. The lowest BCUT2D eigenvalue weighted by Crippen LogP contribution is -2.47. The Hall–Kier alpha value is -2.63. The SMILES string of the molecule is CC(C)[C@@H](Oc1ccccc1)C(=O)N1CCc2c(ncnc2N(C)C)C1. The number of carbonyl (C=O) groups is 1. The van der Waals surface area contributed by atoms with Crippen molar-refractivity contribution in [3.8, 4) is 5.75 Å². The van der Waals surface area contributed by atoms with Crippen LogP contribution in [-0.4, -0.2) is 47.5 Å². The van der Waals surface area contributed by atoms with Crippen LogP contribution in [0.2, 0.25) is 0 Å². The standard InChI is InChI=1S/C20H26N4O2/c1-14(2)18(26-15-8-6-5-7-9-15)20(25)24-11-10-16-17(12-24)21-13-22-19(16)23(3)4/h5-9,13-14,18H,10-12H2,1-4H3/t18-/m1/s1. The Labute approximate surface area is 154 Å². The summed E-state index contributed by atoms with van der Waals surface area (Å²) in [7, 11) is 3.95. The predicted molar refractivity (Wildman–Crippen MR) is 101 cm³/mol. The highest BCUT2D eigenvalue weighted by molar-refractivity contribution is 5.82. The maximum absolute atomic E-state index is 13.1. The van der Waals surface area contributed by atoms with E-state index < -0.39 is 6.10 Å². The lowest BCUT2D eigenvalue weighted by atomic mass is 10.0. The molecule has 6 nitrogen and oxygen atoms in total. The van der Waals surface area contributed by atoms with E-state index in [2.05, 4.69) is 9.97 Å². The van der Waals surface area contributed by atoms with Crippen LogP contribution in [0.25, 0.3) is 0 Å². The Morgan fingerprint density at radius 2 is 1.92 bits per heavy atom. The monoisotopic (exact) mass is 354 g/mol. The summed E-state index contributed by atoms with van der Waals surface area (Å²) in [5.41, 5.74) is 2.05. The van der Waals surface area contributed by atoms with E-state index >= 15 is 0 Å². The van der Waals surface area contributed by atoms with Crippen molar-refractivity contribution in [2.45, 2.75) is 32.9 Å². The summed E-state index contributed by atoms with van der Waals surface area (Å²) < 4.78 is 6.01. The van der Waals surface area contributed by atoms with Gasteiger partial charge in [0.1, 0.15) is 17.9 Å². The van der Waals surface area contributed by atoms with Crippen molar-refractivity contribution in [3.05, 3.63) is 47.9 Å². The van der Waals surface area contributed by atoms with Gasteiger partial charge in [-0.2, -0.15) is 0 Å². The van der Waals surface area contributed by atoms with Gasteiger partial charge in [0.2, 0.25) is 0 Å². The molecule has 3 rings (SSSR count). The molecular weight excluding hydrogens is 328 g/mol. The average Bonchev–Trinajstić information content (AvgIpc) is 2.65. The summed E-state index contributed by atoms with van der Waals surface area (Å²) in [6, 6.07) is 9.51. The van der Waals surface area contributed by atoms with E-state index in [0.717, 1.165) is 23.5 Å². The van der Waals surface area contributed by atoms with Gasteiger partial charge in [-0.1, -0.05) is 32.0 Å². The van der Waals surface area contributed by atoms with Crippen molar-refractivity contribution in [1.82, 2.24) is 14.9 Å². The molecule has 2 aromatic rings. The second-order valence-electron chi connectivity index (χ2n) is 7.12. The topological polar surface area (TPSA) is 58.6 Å². The number of aromatic nitrogens is 2. The molecular formula is C20H26N4O2. The first-order valence-corrected chi connectivity index (χ1v) is 8.98. The van der Waals surface area contributed by atoms with Crippen molar-refractivity contribution in [1.29, 1.82) is 0 Å². The van der Waals surface area contributed by atoms with Crippen LogP contribution >= 0.6 is 0 Å². The average molecular weight is 354 g/mol. The molecule has 0 aliphatic carbocycles. The van der Waals surface area contributed by atoms with Gasteiger partial charge >= 0.3 is 0 Å². The van der Waals surface area contributed by atoms with Crippen LogP contribution in [0, 0.1) is 5.92 Å². The van der Waals surface area contributed by atoms with Crippen LogP contribution in [0.3, 0.4) is 0 Å². The van der Waals surface area contributed by atoms with Crippen LogP contribution in [0.4, 0.5) is 5.82 Å². The summed E-state index contributed by atoms with van der Waals surface area (Å²) >= 11 is 0. The van der Waals surface area contributed by atoms with Crippen LogP contribution in [0.15, 0.2) is 36.7 Å². The number of rotatable bonds is 5. The smallest absolute Gasteiger partial charge is 0.264 e. The minimum atomic E-state index is -0.505. The first-order chi connectivity index (χ1) is 12.5. The number of nitrogens with zero attached hydrogens (tertiary/aromatic N) is 4. The van der Waals surface area contributed by atoms with E-state index in [1.165, 1.54) is 0 Å². The van der Waals surface area contributed by atoms with Crippen LogP contribution in [0.5, 0.6) is 5.75 Å². The zero-order valence-corrected chi connectivity index (χ0v) is 15.8. The molecule has 2 heterocycles. The number of benzene rings is 1. The maximum atomic E-state index is 13.1. The lowest BCUT2D eigenvalue weighted by molar-refractivity contribution is -0.141. The van der Waals surface area contributed by atoms with Crippen LogP contribution in [0.1, 0.15) is 25.1 Å². The zero-order chi connectivity index (χ0) is 18.7. The third kappa shape index (κ3) is 3.79. The fourth-order valence-corrected chi connectivity index (χ4v) is 3.21. The molecule has 1 aliphatic heterocycles. The Morgan fingerprint density at radius 3 is 2.58 bits per heavy atom. The van der Waals surface area contributed by atoms with Gasteiger partial charge in [-0.05, 0) is 24.5 Å². The Kier molecular flexibility index (Phi) is 5.40. The molecule has 26 heavy (non-hydrogen) atoms. The van der Waals surface area contributed by atoms with E-state index in [4.69, 9.17) is 4.74 Å². The van der Waals surface area contributed by atoms with E-state index in [1.807, 2.05) is 68.1 Å². The van der Waals surface area contributed by atoms with Gasteiger partial charge < -0.3 is 14.5 Å². The molecule has 0 bridgehead atoms. The summed E-state index contributed by atoms with van der Waals surface area (Å²) in [4.78, 5) is 25.7. The van der Waals surface area contributed by atoms with Gasteiger partial charge in [-0.15, -0.1) is 0 Å². The molecule has 0 fully saturated rings. The fourth-order valence-electron chi connectivity index (χ4n) is 3.21. The quantitative estimate of drug-likeness (QED) is 0.826. The molecule has 0 saturated carbocycles. The van der Waals surface area contributed by atoms with Crippen molar-refractivity contribution in [2.24, 2.45) is 5.92 Å². The zero-order valence-electron chi connectivity index (χ0n) is 15.8. The van der Waals surface area contributed by atoms with Crippen molar-refractivity contribution in [3.63, 3.8) is 0 Å². The third-order valence-electron chi connectivity index (χ3n) is 4.57. The minimum Gasteiger partial charge on any atom is -0.480 e. The molecule has 1 aromatic heterocycles. The number of carbonyl (C=O) groups excluding carboxylic acids is 1. The highest BCUT2D eigenvalue weighted by Crippen LogP contribution is 2.26. The molecule has 1 aromatic carbocycles. The Balaban J connectivity index is 1.78. The fraction of sp³-hybridized carbons (Fsp3) is 0.450. The van der Waals surface area contributed by atoms with Crippen molar-refractivity contribution >= 4 is 11.7 Å². The van der Waals surface area contributed by atoms with Crippen LogP contribution in [-0.2, 0) is 17.8 Å². The number of fused-ring (bicyclic) bond motifs is 1. The van der Waals surface area contributed by atoms with Gasteiger partial charge in [0.25, 0.3) is 5.91 Å². The maximum Gasteiger partial charge on any atom is 0.264 e. The highest BCUT2D eigenvalue weighted by atomic mass is 16.5. The summed E-state index contributed by atoms with van der Waals surface area (Å²) in [5.74, 6) is 1.74. The molecule has 1 aliphatic rings. The second kappa shape index (κ2) is 7.72. The molecule has 6 heteroatoms. The largest absolute Gasteiger partial charge is 0.480 e. The molecule has 138 valence electrons. The predicted octanol–water partition coefficient (Wildman–Crippen LogP) is 2.53. The van der Waals surface area contributed by atoms with Gasteiger partial charge in [0.05, 0.1) is 12.2 Å². The minimum absolute atomic E-state index is 0.0134. The van der Waals surface area contributed by atoms with E-state index in [0.29, 0.717) is 18.8 Å². The molecule has 0 radical (unpaired) electrons. The highest BCUT2D eigenvalue weighted by Gasteiger charge is 2.32. The second-order valence-corrected chi connectivity index (χ2v) is 7.12. The van der Waals surface area contributed by atoms with Crippen molar-refractivity contribution in [2.75, 3.05) is 25.5 Å². The first-order valence-electron chi connectivity index (χ1n) is 8.98. The van der Waals surface area contributed by atoms with E-state index in [1.54, 1.807) is 6.33 Å². The molecule has 0 saturated heterocycles. The van der Waals surface area contributed by atoms with Crippen LogP contribution < -0.4 is 9.64 Å². The molecule has 1 amide bonds. The number of anilines is 1. The molecule has 0 N–H and O–H groups in total. The summed E-state index contributed by atoms with van der Waals surface area (Å²) in [5, 5.41) is 0. The number of hydrogen-bond acceptors (Lipinski definition) is 5. The third-order valence-corrected chi connectivity index (χ3v) is 4.57. The van der Waals surface area contributed by atoms with Gasteiger partial charge in [-0.3, -0.25) is 4.79 Å². The lowest BCUT2D eigenvalue weighted by Gasteiger charge is -2.33. The Morgan fingerprint density at radius 1 is 1.19 bits per heavy atom. The number of para-hydroxylation sites is 1.